The van der Waals surface area contributed by atoms with Crippen LogP contribution in [-0.4, -0.2) is 35.4 Å². The SMILES string of the molecule is CCCCn1nc(C(=O)Nc2ccc(-n3cncn3)nc2)ccc1=O. The lowest BCUT2D eigenvalue weighted by atomic mass is 10.3. The van der Waals surface area contributed by atoms with Crippen LogP contribution in [0.15, 0.2) is 47.9 Å². The number of nitrogens with one attached hydrogen (secondary N) is 1. The van der Waals surface area contributed by atoms with Crippen LogP contribution in [0, 0.1) is 0 Å². The van der Waals surface area contributed by atoms with Crippen LogP contribution < -0.4 is 10.9 Å². The molecule has 0 aliphatic rings. The van der Waals surface area contributed by atoms with Gasteiger partial charge in [-0.3, -0.25) is 9.59 Å². The summed E-state index contributed by atoms with van der Waals surface area (Å²) in [4.78, 5) is 32.1. The van der Waals surface area contributed by atoms with Gasteiger partial charge in [0, 0.05) is 12.6 Å². The van der Waals surface area contributed by atoms with Crippen molar-refractivity contribution in [1.82, 2.24) is 29.5 Å². The van der Waals surface area contributed by atoms with Crippen LogP contribution in [0.1, 0.15) is 30.3 Å². The number of anilines is 1. The monoisotopic (exact) mass is 339 g/mol. The van der Waals surface area contributed by atoms with Crippen LogP contribution in [0.5, 0.6) is 0 Å². The van der Waals surface area contributed by atoms with E-state index in [1.54, 1.807) is 12.1 Å². The Kier molecular flexibility index (Phi) is 4.93. The topological polar surface area (TPSA) is 108 Å². The maximum Gasteiger partial charge on any atom is 0.276 e. The summed E-state index contributed by atoms with van der Waals surface area (Å²) >= 11 is 0. The maximum absolute atomic E-state index is 12.3. The summed E-state index contributed by atoms with van der Waals surface area (Å²) in [6, 6.07) is 6.18. The fourth-order valence-electron chi connectivity index (χ4n) is 2.16. The van der Waals surface area contributed by atoms with E-state index in [4.69, 9.17) is 0 Å². The highest BCUT2D eigenvalue weighted by Crippen LogP contribution is 2.09. The molecular formula is C16H17N7O2. The standard InChI is InChI=1S/C16H17N7O2/c1-2-3-8-22-15(24)7-5-13(21-22)16(25)20-12-4-6-14(18-9-12)23-11-17-10-19-23/h4-7,9-11H,2-3,8H2,1H3,(H,20,25). The second-order valence-electron chi connectivity index (χ2n) is 5.33. The lowest BCUT2D eigenvalue weighted by molar-refractivity contribution is 0.101. The number of unbranched alkanes of at least 4 members (excludes halogenated alkanes) is 1. The van der Waals surface area contributed by atoms with Crippen LogP contribution in [0.2, 0.25) is 0 Å². The summed E-state index contributed by atoms with van der Waals surface area (Å²) in [7, 11) is 0. The van der Waals surface area contributed by atoms with E-state index < -0.39 is 5.91 Å². The molecule has 0 bridgehead atoms. The molecule has 0 fully saturated rings. The lowest BCUT2D eigenvalue weighted by Crippen LogP contribution is -2.26. The van der Waals surface area contributed by atoms with Crippen LogP contribution in [0.3, 0.4) is 0 Å². The predicted octanol–water partition coefficient (Wildman–Crippen LogP) is 1.27. The molecule has 1 N–H and O–H groups in total. The lowest BCUT2D eigenvalue weighted by Gasteiger charge is -2.08. The third kappa shape index (κ3) is 3.94. The molecule has 25 heavy (non-hydrogen) atoms. The minimum absolute atomic E-state index is 0.177. The van der Waals surface area contributed by atoms with Crippen molar-refractivity contribution in [2.75, 3.05) is 5.32 Å². The molecule has 0 saturated carbocycles. The van der Waals surface area contributed by atoms with Crippen molar-refractivity contribution in [2.45, 2.75) is 26.3 Å². The van der Waals surface area contributed by atoms with Crippen LogP contribution >= 0.6 is 0 Å². The van der Waals surface area contributed by atoms with Crippen molar-refractivity contribution in [2.24, 2.45) is 0 Å². The smallest absolute Gasteiger partial charge is 0.276 e. The van der Waals surface area contributed by atoms with Crippen molar-refractivity contribution in [1.29, 1.82) is 0 Å². The highest BCUT2D eigenvalue weighted by Gasteiger charge is 2.10. The van der Waals surface area contributed by atoms with Gasteiger partial charge in [-0.05, 0) is 24.6 Å². The van der Waals surface area contributed by atoms with Gasteiger partial charge in [0.15, 0.2) is 5.82 Å². The Morgan fingerprint density at radius 2 is 2.12 bits per heavy atom. The number of aryl methyl sites for hydroxylation is 1. The van der Waals surface area contributed by atoms with Gasteiger partial charge in [-0.2, -0.15) is 10.2 Å². The third-order valence-corrected chi connectivity index (χ3v) is 3.48. The van der Waals surface area contributed by atoms with E-state index in [9.17, 15) is 9.59 Å². The molecule has 9 heteroatoms. The molecule has 3 aromatic rings. The molecule has 128 valence electrons. The average molecular weight is 339 g/mol. The second-order valence-corrected chi connectivity index (χ2v) is 5.33. The highest BCUT2D eigenvalue weighted by atomic mass is 16.2. The van der Waals surface area contributed by atoms with E-state index >= 15 is 0 Å². The van der Waals surface area contributed by atoms with Crippen molar-refractivity contribution in [3.05, 3.63) is 59.2 Å². The number of carbonyl (C=O) groups is 1. The molecule has 9 nitrogen and oxygen atoms in total. The minimum atomic E-state index is -0.402. The molecule has 0 spiro atoms. The molecule has 0 aromatic carbocycles. The van der Waals surface area contributed by atoms with Gasteiger partial charge < -0.3 is 5.32 Å². The zero-order chi connectivity index (χ0) is 17.6. The molecule has 3 rings (SSSR count). The van der Waals surface area contributed by atoms with Gasteiger partial charge in [-0.25, -0.2) is 19.3 Å². The largest absolute Gasteiger partial charge is 0.319 e. The first-order valence-electron chi connectivity index (χ1n) is 7.88. The van der Waals surface area contributed by atoms with Gasteiger partial charge in [0.2, 0.25) is 0 Å². The van der Waals surface area contributed by atoms with Gasteiger partial charge in [-0.15, -0.1) is 0 Å². The summed E-state index contributed by atoms with van der Waals surface area (Å²) < 4.78 is 2.82. The number of hydrogen-bond donors (Lipinski definition) is 1. The van der Waals surface area contributed by atoms with E-state index in [1.807, 2.05) is 6.92 Å². The number of pyridine rings is 1. The molecule has 0 unspecified atom stereocenters. The van der Waals surface area contributed by atoms with Gasteiger partial charge >= 0.3 is 0 Å². The molecule has 0 aliphatic carbocycles. The van der Waals surface area contributed by atoms with Crippen molar-refractivity contribution >= 4 is 11.6 Å². The Balaban J connectivity index is 1.72. The minimum Gasteiger partial charge on any atom is -0.319 e. The van der Waals surface area contributed by atoms with Crippen molar-refractivity contribution in [3.8, 4) is 5.82 Å². The molecule has 1 amide bonds. The summed E-state index contributed by atoms with van der Waals surface area (Å²) in [5, 5.41) is 10.8. The molecule has 0 aliphatic heterocycles. The van der Waals surface area contributed by atoms with E-state index in [0.29, 0.717) is 18.1 Å². The first-order valence-corrected chi connectivity index (χ1v) is 7.88. The average Bonchev–Trinajstić information content (AvgIpc) is 3.16. The Bertz CT molecular complexity index is 901. The van der Waals surface area contributed by atoms with Gasteiger partial charge in [-0.1, -0.05) is 13.3 Å². The van der Waals surface area contributed by atoms with Gasteiger partial charge in [0.05, 0.1) is 11.9 Å². The Morgan fingerprint density at radius 3 is 2.80 bits per heavy atom. The van der Waals surface area contributed by atoms with Crippen LogP contribution in [0.25, 0.3) is 5.82 Å². The Hall–Kier alpha value is -3.36. The fourth-order valence-corrected chi connectivity index (χ4v) is 2.16. The van der Waals surface area contributed by atoms with Crippen LogP contribution in [-0.2, 0) is 6.54 Å². The number of hydrogen-bond acceptors (Lipinski definition) is 6. The van der Waals surface area contributed by atoms with Gasteiger partial charge in [0.1, 0.15) is 18.3 Å². The Labute approximate surface area is 143 Å². The molecular weight excluding hydrogens is 322 g/mol. The number of aromatic nitrogens is 6. The molecule has 0 radical (unpaired) electrons. The summed E-state index contributed by atoms with van der Waals surface area (Å²) in [5.74, 6) is 0.183. The fraction of sp³-hybridized carbons (Fsp3) is 0.250. The predicted molar refractivity (Wildman–Crippen MR) is 90.5 cm³/mol. The number of carbonyl (C=O) groups excluding carboxylic acids is 1. The first-order chi connectivity index (χ1) is 12.2. The molecule has 3 heterocycles. The number of nitrogens with zero attached hydrogens (tertiary/aromatic N) is 6. The quantitative estimate of drug-likeness (QED) is 0.724. The van der Waals surface area contributed by atoms with E-state index in [1.165, 1.54) is 40.3 Å². The normalized spacial score (nSPS) is 10.6. The number of amides is 1. The molecule has 3 aromatic heterocycles. The second kappa shape index (κ2) is 7.47. The van der Waals surface area contributed by atoms with E-state index in [-0.39, 0.29) is 11.3 Å². The maximum atomic E-state index is 12.3. The third-order valence-electron chi connectivity index (χ3n) is 3.48. The zero-order valence-electron chi connectivity index (χ0n) is 13.7. The van der Waals surface area contributed by atoms with Crippen molar-refractivity contribution in [3.63, 3.8) is 0 Å². The van der Waals surface area contributed by atoms with Gasteiger partial charge in [0.25, 0.3) is 11.5 Å². The van der Waals surface area contributed by atoms with E-state index in [2.05, 4.69) is 25.5 Å². The molecule has 0 atom stereocenters. The zero-order valence-corrected chi connectivity index (χ0v) is 13.7. The Morgan fingerprint density at radius 1 is 1.24 bits per heavy atom. The summed E-state index contributed by atoms with van der Waals surface area (Å²) in [5.41, 5.74) is 0.474. The highest BCUT2D eigenvalue weighted by molar-refractivity contribution is 6.02. The summed E-state index contributed by atoms with van der Waals surface area (Å²) in [6.45, 7) is 2.52. The van der Waals surface area contributed by atoms with Crippen molar-refractivity contribution < 1.29 is 4.79 Å². The summed E-state index contributed by atoms with van der Waals surface area (Å²) in [6.07, 6.45) is 6.22. The van der Waals surface area contributed by atoms with Crippen LogP contribution in [0.4, 0.5) is 5.69 Å². The molecule has 0 saturated heterocycles. The number of rotatable bonds is 6. The first kappa shape index (κ1) is 16.5. The van der Waals surface area contributed by atoms with E-state index in [0.717, 1.165) is 12.8 Å².